The van der Waals surface area contributed by atoms with Gasteiger partial charge in [-0.25, -0.2) is 4.39 Å². The molecular formula is C27H27FN2O. The van der Waals surface area contributed by atoms with Gasteiger partial charge in [0.25, 0.3) is 0 Å². The molecule has 0 saturated carbocycles. The van der Waals surface area contributed by atoms with Crippen molar-refractivity contribution >= 4 is 17.2 Å². The van der Waals surface area contributed by atoms with Crippen LogP contribution in [-0.2, 0) is 4.79 Å². The van der Waals surface area contributed by atoms with E-state index >= 15 is 0 Å². The minimum absolute atomic E-state index is 0.176. The lowest BCUT2D eigenvalue weighted by Crippen LogP contribution is -2.07. The Morgan fingerprint density at radius 3 is 2.58 bits per heavy atom. The maximum Gasteiger partial charge on any atom is 0.248 e. The number of hydrogen-bond donors (Lipinski definition) is 1. The molecule has 0 aliphatic carbocycles. The normalized spacial score (nSPS) is 11.7. The number of allylic oxidation sites excluding steroid dienone is 2. The average molecular weight is 415 g/mol. The van der Waals surface area contributed by atoms with Crippen LogP contribution in [0.15, 0.2) is 73.0 Å². The second-order valence-corrected chi connectivity index (χ2v) is 7.39. The first-order valence-corrected chi connectivity index (χ1v) is 10.4. The van der Waals surface area contributed by atoms with Crippen molar-refractivity contribution in [3.63, 3.8) is 0 Å². The van der Waals surface area contributed by atoms with Crippen molar-refractivity contribution in [2.75, 3.05) is 5.32 Å². The van der Waals surface area contributed by atoms with Crippen LogP contribution in [0.4, 0.5) is 10.1 Å². The number of anilines is 1. The number of aromatic nitrogens is 1. The molecule has 31 heavy (non-hydrogen) atoms. The van der Waals surface area contributed by atoms with Crippen molar-refractivity contribution in [2.45, 2.75) is 34.1 Å². The third kappa shape index (κ3) is 5.15. The quantitative estimate of drug-likeness (QED) is 0.448. The van der Waals surface area contributed by atoms with Gasteiger partial charge in [0.2, 0.25) is 5.91 Å². The van der Waals surface area contributed by atoms with E-state index in [2.05, 4.69) is 10.3 Å². The standard InChI is InChI=1S/C27H27FN2O/c1-5-9-23(24-14-7-11-18(3)27(24)28)25-16-21(17-29-19(25)4)20-12-8-13-22(15-20)30-26(31)10-6-2/h6-17H,5H2,1-4H3,(H,30,31)/b10-6+,23-9-. The molecule has 3 rings (SSSR count). The first-order valence-electron chi connectivity index (χ1n) is 10.4. The predicted octanol–water partition coefficient (Wildman–Crippen LogP) is 6.86. The lowest BCUT2D eigenvalue weighted by molar-refractivity contribution is -0.111. The van der Waals surface area contributed by atoms with E-state index in [0.29, 0.717) is 16.8 Å². The lowest BCUT2D eigenvalue weighted by atomic mass is 9.92. The Kier molecular flexibility index (Phi) is 7.14. The highest BCUT2D eigenvalue weighted by molar-refractivity contribution is 5.99. The molecule has 1 amide bonds. The van der Waals surface area contributed by atoms with E-state index in [1.165, 1.54) is 6.08 Å². The van der Waals surface area contributed by atoms with E-state index in [0.717, 1.165) is 34.4 Å². The SMILES string of the molecule is C/C=C/C(=O)Nc1cccc(-c2cnc(C)c(/C(=C\CC)c3cccc(C)c3F)c2)c1. The van der Waals surface area contributed by atoms with Gasteiger partial charge in [0, 0.05) is 34.3 Å². The van der Waals surface area contributed by atoms with E-state index in [9.17, 15) is 9.18 Å². The van der Waals surface area contributed by atoms with Gasteiger partial charge in [-0.15, -0.1) is 0 Å². The molecule has 0 saturated heterocycles. The lowest BCUT2D eigenvalue weighted by Gasteiger charge is -2.15. The number of nitrogens with zero attached hydrogens (tertiary/aromatic N) is 1. The molecule has 0 aliphatic heterocycles. The monoisotopic (exact) mass is 414 g/mol. The van der Waals surface area contributed by atoms with Crippen LogP contribution in [0.1, 0.15) is 42.7 Å². The molecule has 0 atom stereocenters. The predicted molar refractivity (Wildman–Crippen MR) is 126 cm³/mol. The molecule has 0 aliphatic rings. The Bertz CT molecular complexity index is 1160. The number of benzene rings is 2. The van der Waals surface area contributed by atoms with E-state index in [4.69, 9.17) is 0 Å². The Labute approximate surface area is 183 Å². The van der Waals surface area contributed by atoms with Crippen molar-refractivity contribution in [2.24, 2.45) is 0 Å². The zero-order valence-corrected chi connectivity index (χ0v) is 18.4. The molecular weight excluding hydrogens is 387 g/mol. The summed E-state index contributed by atoms with van der Waals surface area (Å²) in [6.45, 7) is 7.55. The molecule has 0 spiro atoms. The highest BCUT2D eigenvalue weighted by Gasteiger charge is 2.15. The summed E-state index contributed by atoms with van der Waals surface area (Å²) in [7, 11) is 0. The molecule has 1 N–H and O–H groups in total. The van der Waals surface area contributed by atoms with Crippen molar-refractivity contribution < 1.29 is 9.18 Å². The highest BCUT2D eigenvalue weighted by Crippen LogP contribution is 2.32. The van der Waals surface area contributed by atoms with Crippen LogP contribution in [0.5, 0.6) is 0 Å². The summed E-state index contributed by atoms with van der Waals surface area (Å²) >= 11 is 0. The van der Waals surface area contributed by atoms with Gasteiger partial charge >= 0.3 is 0 Å². The minimum atomic E-state index is -0.208. The first kappa shape index (κ1) is 22.2. The van der Waals surface area contributed by atoms with Crippen LogP contribution in [0.25, 0.3) is 16.7 Å². The van der Waals surface area contributed by atoms with Crippen LogP contribution in [0.3, 0.4) is 0 Å². The summed E-state index contributed by atoms with van der Waals surface area (Å²) in [5, 5.41) is 2.85. The van der Waals surface area contributed by atoms with Crippen LogP contribution < -0.4 is 5.32 Å². The van der Waals surface area contributed by atoms with Crippen molar-refractivity contribution in [1.82, 2.24) is 4.98 Å². The molecule has 1 heterocycles. The Morgan fingerprint density at radius 2 is 1.84 bits per heavy atom. The fourth-order valence-electron chi connectivity index (χ4n) is 3.50. The molecule has 4 heteroatoms. The fourth-order valence-corrected chi connectivity index (χ4v) is 3.50. The van der Waals surface area contributed by atoms with Crippen LogP contribution in [-0.4, -0.2) is 10.9 Å². The third-order valence-corrected chi connectivity index (χ3v) is 5.05. The molecule has 3 aromatic rings. The molecule has 0 bridgehead atoms. The minimum Gasteiger partial charge on any atom is -0.323 e. The molecule has 3 nitrogen and oxygen atoms in total. The number of rotatable bonds is 6. The van der Waals surface area contributed by atoms with E-state index in [1.54, 1.807) is 26.0 Å². The van der Waals surface area contributed by atoms with Crippen molar-refractivity contribution in [3.05, 3.63) is 101 Å². The number of nitrogens with one attached hydrogen (secondary N) is 1. The topological polar surface area (TPSA) is 42.0 Å². The van der Waals surface area contributed by atoms with E-state index in [1.807, 2.05) is 68.6 Å². The largest absolute Gasteiger partial charge is 0.323 e. The summed E-state index contributed by atoms with van der Waals surface area (Å²) in [6, 6.07) is 15.1. The number of hydrogen-bond acceptors (Lipinski definition) is 2. The molecule has 1 aromatic heterocycles. The first-order chi connectivity index (χ1) is 14.9. The van der Waals surface area contributed by atoms with Gasteiger partial charge in [-0.2, -0.15) is 0 Å². The summed E-state index contributed by atoms with van der Waals surface area (Å²) < 4.78 is 14.9. The van der Waals surface area contributed by atoms with Crippen molar-refractivity contribution in [3.8, 4) is 11.1 Å². The van der Waals surface area contributed by atoms with Gasteiger partial charge in [0.1, 0.15) is 5.82 Å². The second kappa shape index (κ2) is 9.98. The number of pyridine rings is 1. The van der Waals surface area contributed by atoms with Gasteiger partial charge in [-0.3, -0.25) is 9.78 Å². The second-order valence-electron chi connectivity index (χ2n) is 7.39. The van der Waals surface area contributed by atoms with Gasteiger partial charge in [0.05, 0.1) is 0 Å². The third-order valence-electron chi connectivity index (χ3n) is 5.05. The molecule has 0 unspecified atom stereocenters. The Balaban J connectivity index is 2.06. The van der Waals surface area contributed by atoms with Crippen LogP contribution in [0, 0.1) is 19.7 Å². The zero-order chi connectivity index (χ0) is 22.4. The van der Waals surface area contributed by atoms with Crippen LogP contribution >= 0.6 is 0 Å². The smallest absolute Gasteiger partial charge is 0.248 e. The number of carbonyl (C=O) groups excluding carboxylic acids is 1. The summed E-state index contributed by atoms with van der Waals surface area (Å²) in [5.41, 5.74) is 6.30. The summed E-state index contributed by atoms with van der Waals surface area (Å²) in [4.78, 5) is 16.5. The number of amides is 1. The molecule has 2 aromatic carbocycles. The molecule has 0 fully saturated rings. The number of aryl methyl sites for hydroxylation is 2. The summed E-state index contributed by atoms with van der Waals surface area (Å²) in [6.07, 6.45) is 7.80. The van der Waals surface area contributed by atoms with E-state index < -0.39 is 0 Å². The van der Waals surface area contributed by atoms with Gasteiger partial charge in [-0.1, -0.05) is 49.4 Å². The maximum atomic E-state index is 14.9. The Hall–Kier alpha value is -3.53. The molecule has 0 radical (unpaired) electrons. The van der Waals surface area contributed by atoms with Gasteiger partial charge < -0.3 is 5.32 Å². The fraction of sp³-hybridized carbons (Fsp3) is 0.185. The average Bonchev–Trinajstić information content (AvgIpc) is 2.75. The summed E-state index contributed by atoms with van der Waals surface area (Å²) in [5.74, 6) is -0.383. The van der Waals surface area contributed by atoms with Crippen molar-refractivity contribution in [1.29, 1.82) is 0 Å². The zero-order valence-electron chi connectivity index (χ0n) is 18.4. The Morgan fingerprint density at radius 1 is 1.06 bits per heavy atom. The van der Waals surface area contributed by atoms with Gasteiger partial charge in [-0.05, 0) is 68.2 Å². The maximum absolute atomic E-state index is 14.9. The van der Waals surface area contributed by atoms with Crippen LogP contribution in [0.2, 0.25) is 0 Å². The molecule has 158 valence electrons. The number of carbonyl (C=O) groups is 1. The van der Waals surface area contributed by atoms with Gasteiger partial charge in [0.15, 0.2) is 0 Å². The highest BCUT2D eigenvalue weighted by atomic mass is 19.1. The van der Waals surface area contributed by atoms with E-state index in [-0.39, 0.29) is 11.7 Å². The number of halogens is 1.